The lowest BCUT2D eigenvalue weighted by Crippen LogP contribution is -2.17. The van der Waals surface area contributed by atoms with Crippen molar-refractivity contribution >= 4 is 10.8 Å². The Hall–Kier alpha value is -2.20. The molecule has 3 aromatic rings. The van der Waals surface area contributed by atoms with Gasteiger partial charge in [0.2, 0.25) is 0 Å². The average molecular weight is 281 g/mol. The summed E-state index contributed by atoms with van der Waals surface area (Å²) in [5, 5.41) is 16.9. The Bertz CT molecular complexity index is 730. The molecule has 21 heavy (non-hydrogen) atoms. The van der Waals surface area contributed by atoms with Gasteiger partial charge >= 0.3 is 0 Å². The highest BCUT2D eigenvalue weighted by molar-refractivity contribution is 5.85. The van der Waals surface area contributed by atoms with Crippen LogP contribution in [0.15, 0.2) is 48.8 Å². The zero-order valence-electron chi connectivity index (χ0n) is 12.1. The van der Waals surface area contributed by atoms with E-state index in [1.165, 1.54) is 16.3 Å². The van der Waals surface area contributed by atoms with Crippen LogP contribution >= 0.6 is 0 Å². The lowest BCUT2D eigenvalue weighted by atomic mass is 9.98. The highest BCUT2D eigenvalue weighted by Gasteiger charge is 2.12. The van der Waals surface area contributed by atoms with Gasteiger partial charge in [-0.3, -0.25) is 4.68 Å². The first-order valence-electron chi connectivity index (χ1n) is 7.29. The van der Waals surface area contributed by atoms with Crippen molar-refractivity contribution in [2.24, 2.45) is 0 Å². The Kier molecular flexibility index (Phi) is 3.97. The molecule has 2 aromatic carbocycles. The van der Waals surface area contributed by atoms with E-state index in [1.807, 2.05) is 29.8 Å². The Morgan fingerprint density at radius 1 is 1.10 bits per heavy atom. The molecule has 0 fully saturated rings. The Labute approximate surface area is 124 Å². The number of aromatic nitrogens is 3. The SMILES string of the molecule is CCn1ncnc1CC(O)Cc1cccc2ccccc12. The summed E-state index contributed by atoms with van der Waals surface area (Å²) in [6.07, 6.45) is 2.24. The molecule has 0 saturated heterocycles. The van der Waals surface area contributed by atoms with Gasteiger partial charge in [0.15, 0.2) is 0 Å². The van der Waals surface area contributed by atoms with Crippen molar-refractivity contribution in [1.29, 1.82) is 0 Å². The first kappa shape index (κ1) is 13.8. The summed E-state index contributed by atoms with van der Waals surface area (Å²) in [7, 11) is 0. The quantitative estimate of drug-likeness (QED) is 0.782. The molecule has 3 rings (SSSR count). The number of aliphatic hydroxyl groups is 1. The third kappa shape index (κ3) is 2.95. The van der Waals surface area contributed by atoms with E-state index in [4.69, 9.17) is 0 Å². The van der Waals surface area contributed by atoms with E-state index in [0.717, 1.165) is 12.4 Å². The second-order valence-electron chi connectivity index (χ2n) is 5.19. The molecule has 0 radical (unpaired) electrons. The first-order chi connectivity index (χ1) is 10.3. The third-order valence-corrected chi connectivity index (χ3v) is 3.75. The Morgan fingerprint density at radius 2 is 1.90 bits per heavy atom. The highest BCUT2D eigenvalue weighted by atomic mass is 16.3. The predicted octanol–water partition coefficient (Wildman–Crippen LogP) is 2.60. The Balaban J connectivity index is 1.79. The summed E-state index contributed by atoms with van der Waals surface area (Å²) >= 11 is 0. The van der Waals surface area contributed by atoms with Crippen molar-refractivity contribution in [3.63, 3.8) is 0 Å². The standard InChI is InChI=1S/C17H19N3O/c1-2-20-17(18-12-19-20)11-15(21)10-14-8-5-7-13-6-3-4-9-16(13)14/h3-9,12,15,21H,2,10-11H2,1H3. The van der Waals surface area contributed by atoms with Crippen molar-refractivity contribution in [3.8, 4) is 0 Å². The molecule has 108 valence electrons. The van der Waals surface area contributed by atoms with Crippen LogP contribution in [0, 0.1) is 0 Å². The fourth-order valence-corrected chi connectivity index (χ4v) is 2.72. The number of hydrogen-bond donors (Lipinski definition) is 1. The third-order valence-electron chi connectivity index (χ3n) is 3.75. The van der Waals surface area contributed by atoms with E-state index < -0.39 is 6.10 Å². The van der Waals surface area contributed by atoms with E-state index in [0.29, 0.717) is 12.8 Å². The number of aryl methyl sites for hydroxylation is 1. The predicted molar refractivity (Wildman–Crippen MR) is 83.1 cm³/mol. The lowest BCUT2D eigenvalue weighted by Gasteiger charge is -2.12. The second-order valence-corrected chi connectivity index (χ2v) is 5.19. The number of benzene rings is 2. The van der Waals surface area contributed by atoms with E-state index in [-0.39, 0.29) is 0 Å². The fraction of sp³-hybridized carbons (Fsp3) is 0.294. The van der Waals surface area contributed by atoms with Gasteiger partial charge < -0.3 is 5.11 Å². The molecule has 1 aromatic heterocycles. The molecule has 0 amide bonds. The maximum atomic E-state index is 10.4. The van der Waals surface area contributed by atoms with E-state index in [2.05, 4.69) is 34.3 Å². The van der Waals surface area contributed by atoms with Crippen molar-refractivity contribution < 1.29 is 5.11 Å². The number of nitrogens with zero attached hydrogens (tertiary/aromatic N) is 3. The van der Waals surface area contributed by atoms with Gasteiger partial charge in [-0.05, 0) is 29.7 Å². The van der Waals surface area contributed by atoms with Gasteiger partial charge in [-0.15, -0.1) is 0 Å². The zero-order valence-corrected chi connectivity index (χ0v) is 12.1. The lowest BCUT2D eigenvalue weighted by molar-refractivity contribution is 0.171. The second kappa shape index (κ2) is 6.06. The maximum Gasteiger partial charge on any atom is 0.138 e. The van der Waals surface area contributed by atoms with Gasteiger partial charge in [0, 0.05) is 13.0 Å². The van der Waals surface area contributed by atoms with Gasteiger partial charge in [-0.2, -0.15) is 5.10 Å². The monoisotopic (exact) mass is 281 g/mol. The van der Waals surface area contributed by atoms with E-state index in [9.17, 15) is 5.11 Å². The molecule has 0 aliphatic heterocycles. The minimum atomic E-state index is -0.453. The molecule has 1 unspecified atom stereocenters. The summed E-state index contributed by atoms with van der Waals surface area (Å²) < 4.78 is 1.83. The van der Waals surface area contributed by atoms with Crippen molar-refractivity contribution in [3.05, 3.63) is 60.2 Å². The van der Waals surface area contributed by atoms with Crippen molar-refractivity contribution in [2.45, 2.75) is 32.4 Å². The van der Waals surface area contributed by atoms with Crippen LogP contribution in [0.3, 0.4) is 0 Å². The van der Waals surface area contributed by atoms with E-state index >= 15 is 0 Å². The smallest absolute Gasteiger partial charge is 0.138 e. The summed E-state index contributed by atoms with van der Waals surface area (Å²) in [4.78, 5) is 4.22. The number of fused-ring (bicyclic) bond motifs is 1. The highest BCUT2D eigenvalue weighted by Crippen LogP contribution is 2.20. The molecule has 0 bridgehead atoms. The summed E-state index contributed by atoms with van der Waals surface area (Å²) in [6, 6.07) is 14.5. The van der Waals surface area contributed by atoms with Gasteiger partial charge in [0.05, 0.1) is 6.10 Å². The van der Waals surface area contributed by atoms with E-state index in [1.54, 1.807) is 6.33 Å². The molecule has 1 heterocycles. The van der Waals surface area contributed by atoms with Gasteiger partial charge in [-0.1, -0.05) is 42.5 Å². The normalized spacial score (nSPS) is 12.7. The molecular weight excluding hydrogens is 262 g/mol. The van der Waals surface area contributed by atoms with Gasteiger partial charge in [0.25, 0.3) is 0 Å². The van der Waals surface area contributed by atoms with Crippen LogP contribution < -0.4 is 0 Å². The molecule has 1 N–H and O–H groups in total. The molecule has 4 nitrogen and oxygen atoms in total. The molecule has 1 atom stereocenters. The largest absolute Gasteiger partial charge is 0.392 e. The van der Waals surface area contributed by atoms with Crippen LogP contribution in [-0.2, 0) is 19.4 Å². The summed E-state index contributed by atoms with van der Waals surface area (Å²) in [5.74, 6) is 0.838. The summed E-state index contributed by atoms with van der Waals surface area (Å²) in [6.45, 7) is 2.80. The van der Waals surface area contributed by atoms with Gasteiger partial charge in [-0.25, -0.2) is 4.98 Å². The first-order valence-corrected chi connectivity index (χ1v) is 7.29. The van der Waals surface area contributed by atoms with Crippen LogP contribution in [0.2, 0.25) is 0 Å². The molecule has 0 aliphatic rings. The number of aliphatic hydroxyl groups excluding tert-OH is 1. The Morgan fingerprint density at radius 3 is 2.76 bits per heavy atom. The molecule has 4 heteroatoms. The fourth-order valence-electron chi connectivity index (χ4n) is 2.72. The molecular formula is C17H19N3O. The molecule has 0 spiro atoms. The zero-order chi connectivity index (χ0) is 14.7. The topological polar surface area (TPSA) is 50.9 Å². The van der Waals surface area contributed by atoms with Crippen LogP contribution in [0.5, 0.6) is 0 Å². The minimum absolute atomic E-state index is 0.453. The van der Waals surface area contributed by atoms with Crippen LogP contribution in [0.1, 0.15) is 18.3 Å². The molecule has 0 aliphatic carbocycles. The number of hydrogen-bond acceptors (Lipinski definition) is 3. The minimum Gasteiger partial charge on any atom is -0.392 e. The summed E-state index contributed by atoms with van der Waals surface area (Å²) in [5.41, 5.74) is 1.17. The van der Waals surface area contributed by atoms with Crippen molar-refractivity contribution in [1.82, 2.24) is 14.8 Å². The van der Waals surface area contributed by atoms with Gasteiger partial charge in [0.1, 0.15) is 12.2 Å². The molecule has 0 saturated carbocycles. The maximum absolute atomic E-state index is 10.4. The van der Waals surface area contributed by atoms with Crippen LogP contribution in [-0.4, -0.2) is 26.0 Å². The average Bonchev–Trinajstić information content (AvgIpc) is 2.94. The van der Waals surface area contributed by atoms with Crippen LogP contribution in [0.25, 0.3) is 10.8 Å². The number of rotatable bonds is 5. The van der Waals surface area contributed by atoms with Crippen molar-refractivity contribution in [2.75, 3.05) is 0 Å². The van der Waals surface area contributed by atoms with Crippen LogP contribution in [0.4, 0.5) is 0 Å².